The van der Waals surface area contributed by atoms with Gasteiger partial charge in [0.25, 0.3) is 0 Å². The second-order valence-corrected chi connectivity index (χ2v) is 16.4. The van der Waals surface area contributed by atoms with Crippen LogP contribution in [0.1, 0.15) is 107 Å². The molecule has 0 aliphatic carbocycles. The molecular weight excluding hydrogens is 779 g/mol. The van der Waals surface area contributed by atoms with Crippen LogP contribution < -0.4 is 16.0 Å². The predicted octanol–water partition coefficient (Wildman–Crippen LogP) is 6.23. The first-order valence-electron chi connectivity index (χ1n) is 18.7. The van der Waals surface area contributed by atoms with E-state index >= 15 is 0 Å². The number of carbonyl (C=O) groups is 7. The number of esters is 4. The van der Waals surface area contributed by atoms with E-state index in [1.54, 1.807) is 74.1 Å². The highest BCUT2D eigenvalue weighted by atomic mass is 32.2. The Bertz CT molecular complexity index is 1410. The first kappa shape index (κ1) is 55.4. The van der Waals surface area contributed by atoms with Crippen molar-refractivity contribution in [3.8, 4) is 0 Å². The second-order valence-electron chi connectivity index (χ2n) is 15.4. The van der Waals surface area contributed by atoms with E-state index in [1.165, 1.54) is 21.3 Å². The van der Waals surface area contributed by atoms with Crippen LogP contribution in [0.25, 0.3) is 0 Å². The molecule has 1 aromatic rings. The van der Waals surface area contributed by atoms with Gasteiger partial charge < -0.3 is 49.1 Å². The molecule has 0 aromatic heterocycles. The third-order valence-corrected chi connectivity index (χ3v) is 7.24. The number of alkyl carbamates (subject to hydrolysis) is 3. The Balaban J connectivity index is 0. The van der Waals surface area contributed by atoms with E-state index in [4.69, 9.17) is 18.9 Å². The number of hydrogen-bond acceptors (Lipinski definition) is 15. The first-order chi connectivity index (χ1) is 26.8. The van der Waals surface area contributed by atoms with Gasteiger partial charge in [-0.25, -0.2) is 28.8 Å². The molecule has 0 radical (unpaired) electrons. The van der Waals surface area contributed by atoms with Crippen LogP contribution in [0.2, 0.25) is 0 Å². The normalized spacial score (nSPS) is 12.4. The molecule has 0 saturated heterocycles. The summed E-state index contributed by atoms with van der Waals surface area (Å²) in [6.45, 7) is 17.8. The monoisotopic (exact) mass is 845 g/mol. The lowest BCUT2D eigenvalue weighted by Crippen LogP contribution is -2.44. The zero-order chi connectivity index (χ0) is 45.1. The number of methoxy groups -OCH3 is 3. The number of ether oxygens (including phenoxy) is 7. The molecule has 58 heavy (non-hydrogen) atoms. The Kier molecular flexibility index (Phi) is 27.3. The maximum Gasteiger partial charge on any atom is 0.408 e. The van der Waals surface area contributed by atoms with Gasteiger partial charge in [-0.15, -0.1) is 0 Å². The summed E-state index contributed by atoms with van der Waals surface area (Å²) in [6, 6.07) is 6.98. The fourth-order valence-electron chi connectivity index (χ4n) is 4.12. The van der Waals surface area contributed by atoms with Gasteiger partial charge in [0.1, 0.15) is 41.5 Å². The van der Waals surface area contributed by atoms with Crippen LogP contribution in [-0.4, -0.2) is 110 Å². The van der Waals surface area contributed by atoms with E-state index in [0.717, 1.165) is 17.7 Å². The maximum absolute atomic E-state index is 11.8. The van der Waals surface area contributed by atoms with Crippen LogP contribution in [0, 0.1) is 0 Å². The molecule has 3 amide bonds. The number of benzene rings is 1. The van der Waals surface area contributed by atoms with Gasteiger partial charge in [-0.05, 0) is 99.1 Å². The summed E-state index contributed by atoms with van der Waals surface area (Å²) in [5.41, 5.74) is -0.979. The summed E-state index contributed by atoms with van der Waals surface area (Å²) in [7, 11) is 3.80. The van der Waals surface area contributed by atoms with Crippen LogP contribution in [0.4, 0.5) is 14.4 Å². The predicted molar refractivity (Wildman–Crippen MR) is 219 cm³/mol. The summed E-state index contributed by atoms with van der Waals surface area (Å²) in [4.78, 5) is 81.0. The molecule has 3 N–H and O–H groups in total. The average molecular weight is 846 g/mol. The fourth-order valence-corrected chi connectivity index (χ4v) is 4.59. The minimum atomic E-state index is -0.982. The Morgan fingerprint density at radius 3 is 1.28 bits per heavy atom. The van der Waals surface area contributed by atoms with Crippen molar-refractivity contribution >= 4 is 53.9 Å². The standard InChI is InChI=1S/C18H25NO6.C11H21NO4S.C11H21NO4/c1-18(2,3)25-17(22)19-14(16(21)23-4)10-11-15(20)24-12-13-8-6-5-7-9-13;1-11(2,3)16-10(14)12-8(6-7-17-5)9(13)15-4;1-6-7-8(9(13)15-5)12-10(14)16-11(2,3)4/h5-9,14H,10-12H2,1-4H3,(H,19,22);8H,6-7H2,1-5H3,(H,12,14);8H,6-7H2,1-5H3,(H,12,14). The number of rotatable bonds is 16. The van der Waals surface area contributed by atoms with E-state index in [-0.39, 0.29) is 19.4 Å². The lowest BCUT2D eigenvalue weighted by atomic mass is 10.1. The van der Waals surface area contributed by atoms with E-state index in [9.17, 15) is 33.6 Å². The van der Waals surface area contributed by atoms with Crippen molar-refractivity contribution in [1.29, 1.82) is 0 Å². The molecular formula is C40H67N3O14S. The summed E-state index contributed by atoms with van der Waals surface area (Å²) < 4.78 is 34.2. The molecule has 3 unspecified atom stereocenters. The van der Waals surface area contributed by atoms with Crippen LogP contribution in [0.3, 0.4) is 0 Å². The SMILES string of the molecule is CCCC(NC(=O)OC(C)(C)C)C(=O)OC.COC(=O)C(CCC(=O)OCc1ccccc1)NC(=O)OC(C)(C)C.COC(=O)C(CCSC)NC(=O)OC(C)(C)C. The lowest BCUT2D eigenvalue weighted by Gasteiger charge is -2.22. The zero-order valence-electron chi connectivity index (χ0n) is 36.7. The van der Waals surface area contributed by atoms with Gasteiger partial charge in [0.15, 0.2) is 0 Å². The van der Waals surface area contributed by atoms with E-state index in [0.29, 0.717) is 12.8 Å². The first-order valence-corrected chi connectivity index (χ1v) is 20.1. The van der Waals surface area contributed by atoms with E-state index < -0.39 is 77.1 Å². The molecule has 0 aliphatic heterocycles. The van der Waals surface area contributed by atoms with Crippen molar-refractivity contribution < 1.29 is 66.7 Å². The quantitative estimate of drug-likeness (QED) is 0.124. The zero-order valence-corrected chi connectivity index (χ0v) is 37.5. The summed E-state index contributed by atoms with van der Waals surface area (Å²) >= 11 is 1.60. The van der Waals surface area contributed by atoms with Gasteiger partial charge in [-0.2, -0.15) is 11.8 Å². The number of amides is 3. The number of thioether (sulfide) groups is 1. The molecule has 0 spiro atoms. The topological polar surface area (TPSA) is 220 Å². The van der Waals surface area contributed by atoms with Gasteiger partial charge in [-0.3, -0.25) is 4.79 Å². The molecule has 1 aromatic carbocycles. The molecule has 0 saturated carbocycles. The molecule has 0 heterocycles. The number of nitrogens with one attached hydrogen (secondary N) is 3. The van der Waals surface area contributed by atoms with Gasteiger partial charge in [-0.1, -0.05) is 43.7 Å². The van der Waals surface area contributed by atoms with E-state index in [2.05, 4.69) is 30.2 Å². The molecule has 3 atom stereocenters. The fraction of sp³-hybridized carbons (Fsp3) is 0.675. The van der Waals surface area contributed by atoms with Crippen molar-refractivity contribution in [1.82, 2.24) is 16.0 Å². The van der Waals surface area contributed by atoms with Crippen LogP contribution in [0.15, 0.2) is 30.3 Å². The summed E-state index contributed by atoms with van der Waals surface area (Å²) in [5.74, 6) is -1.27. The largest absolute Gasteiger partial charge is 0.467 e. The highest BCUT2D eigenvalue weighted by molar-refractivity contribution is 7.98. The molecule has 18 heteroatoms. The number of hydrogen-bond donors (Lipinski definition) is 3. The smallest absolute Gasteiger partial charge is 0.408 e. The van der Waals surface area contributed by atoms with Crippen molar-refractivity contribution in [2.24, 2.45) is 0 Å². The second kappa shape index (κ2) is 28.6. The van der Waals surface area contributed by atoms with Crippen molar-refractivity contribution in [3.63, 3.8) is 0 Å². The lowest BCUT2D eigenvalue weighted by molar-refractivity contribution is -0.147. The Morgan fingerprint density at radius 1 is 0.586 bits per heavy atom. The van der Waals surface area contributed by atoms with Gasteiger partial charge in [0, 0.05) is 6.42 Å². The minimum absolute atomic E-state index is 0.0393. The highest BCUT2D eigenvalue weighted by Gasteiger charge is 2.27. The van der Waals surface area contributed by atoms with E-state index in [1.807, 2.05) is 43.5 Å². The van der Waals surface area contributed by atoms with Crippen LogP contribution in [-0.2, 0) is 58.9 Å². The highest BCUT2D eigenvalue weighted by Crippen LogP contribution is 2.11. The van der Waals surface area contributed by atoms with Crippen LogP contribution >= 0.6 is 11.8 Å². The Hall–Kier alpha value is -4.74. The van der Waals surface area contributed by atoms with Gasteiger partial charge in [0.05, 0.1) is 21.3 Å². The molecule has 0 fully saturated rings. The van der Waals surface area contributed by atoms with Gasteiger partial charge in [0.2, 0.25) is 0 Å². The number of carbonyl (C=O) groups excluding carboxylic acids is 7. The summed E-state index contributed by atoms with van der Waals surface area (Å²) in [5, 5.41) is 7.41. The van der Waals surface area contributed by atoms with Crippen molar-refractivity contribution in [2.45, 2.75) is 143 Å². The van der Waals surface area contributed by atoms with Crippen molar-refractivity contribution in [2.75, 3.05) is 33.3 Å². The van der Waals surface area contributed by atoms with Crippen molar-refractivity contribution in [3.05, 3.63) is 35.9 Å². The maximum atomic E-state index is 11.8. The van der Waals surface area contributed by atoms with Gasteiger partial charge >= 0.3 is 42.2 Å². The average Bonchev–Trinajstić information content (AvgIpc) is 3.11. The molecule has 0 bridgehead atoms. The Labute approximate surface area is 348 Å². The molecule has 1 rings (SSSR count). The van der Waals surface area contributed by atoms with Crippen LogP contribution in [0.5, 0.6) is 0 Å². The Morgan fingerprint density at radius 2 is 0.948 bits per heavy atom. The molecule has 0 aliphatic rings. The third-order valence-electron chi connectivity index (χ3n) is 6.60. The summed E-state index contributed by atoms with van der Waals surface area (Å²) in [6.07, 6.45) is 1.82. The minimum Gasteiger partial charge on any atom is -0.467 e. The molecule has 332 valence electrons. The third kappa shape index (κ3) is 30.4. The molecule has 17 nitrogen and oxygen atoms in total.